The maximum atomic E-state index is 13.4. The van der Waals surface area contributed by atoms with Crippen LogP contribution in [0.3, 0.4) is 0 Å². The Labute approximate surface area is 184 Å². The number of esters is 1. The zero-order chi connectivity index (χ0) is 22.3. The van der Waals surface area contributed by atoms with Crippen molar-refractivity contribution < 1.29 is 23.9 Å². The molecule has 3 aliphatic carbocycles. The molecule has 0 aromatic rings. The molecule has 4 aliphatic rings. The van der Waals surface area contributed by atoms with Crippen molar-refractivity contribution in [2.45, 2.75) is 83.7 Å². The first-order chi connectivity index (χ1) is 14.7. The highest BCUT2D eigenvalue weighted by Gasteiger charge is 2.69. The molecule has 172 valence electrons. The monoisotopic (exact) mass is 432 g/mol. The number of hydrogen-bond acceptors (Lipinski definition) is 5. The smallest absolute Gasteiger partial charge is 0.376 e. The number of carbonyl (C=O) groups is 4. The van der Waals surface area contributed by atoms with Gasteiger partial charge in [0.25, 0.3) is 5.78 Å². The summed E-state index contributed by atoms with van der Waals surface area (Å²) in [6.45, 7) is 4.90. The Morgan fingerprint density at radius 2 is 1.71 bits per heavy atom. The number of ketones is 1. The van der Waals surface area contributed by atoms with E-state index in [0.29, 0.717) is 37.1 Å². The summed E-state index contributed by atoms with van der Waals surface area (Å²) < 4.78 is 4.60. The Kier molecular flexibility index (Phi) is 6.14. The van der Waals surface area contributed by atoms with Crippen molar-refractivity contribution in [1.82, 2.24) is 10.2 Å². The molecule has 1 N–H and O–H groups in total. The van der Waals surface area contributed by atoms with Gasteiger partial charge in [0.1, 0.15) is 6.04 Å². The van der Waals surface area contributed by atoms with Crippen molar-refractivity contribution >= 4 is 23.6 Å². The lowest BCUT2D eigenvalue weighted by Gasteiger charge is -2.32. The molecule has 2 unspecified atom stereocenters. The number of methoxy groups -OCH3 is 1. The van der Waals surface area contributed by atoms with Gasteiger partial charge in [-0.25, -0.2) is 4.79 Å². The Bertz CT molecular complexity index is 753. The molecule has 1 saturated heterocycles. The SMILES string of the molecule is COC(=O)C(=O)C(CC1CC1)NC(=O)[C@@H]1[C@@H]2C(CN1C(=O)CC1CCCCC1)C2(C)C. The van der Waals surface area contributed by atoms with Crippen molar-refractivity contribution in [3.8, 4) is 0 Å². The highest BCUT2D eigenvalue weighted by Crippen LogP contribution is 2.65. The second-order valence-electron chi connectivity index (χ2n) is 10.7. The van der Waals surface area contributed by atoms with Crippen LogP contribution in [0.25, 0.3) is 0 Å². The van der Waals surface area contributed by atoms with E-state index in [1.54, 1.807) is 4.90 Å². The predicted molar refractivity (Wildman–Crippen MR) is 114 cm³/mol. The van der Waals surface area contributed by atoms with Crippen LogP contribution in [-0.2, 0) is 23.9 Å². The van der Waals surface area contributed by atoms with Gasteiger partial charge in [0.2, 0.25) is 11.8 Å². The third-order valence-corrected chi connectivity index (χ3v) is 8.27. The lowest BCUT2D eigenvalue weighted by molar-refractivity contribution is -0.153. The molecule has 4 atom stereocenters. The normalized spacial score (nSPS) is 30.3. The molecule has 2 amide bonds. The van der Waals surface area contributed by atoms with Crippen LogP contribution in [0.4, 0.5) is 0 Å². The fourth-order valence-electron chi connectivity index (χ4n) is 6.02. The van der Waals surface area contributed by atoms with Crippen LogP contribution in [0.5, 0.6) is 0 Å². The molecule has 1 aliphatic heterocycles. The van der Waals surface area contributed by atoms with Gasteiger partial charge in [-0.3, -0.25) is 14.4 Å². The summed E-state index contributed by atoms with van der Waals surface area (Å²) in [5, 5.41) is 2.85. The Hall–Kier alpha value is -1.92. The number of ether oxygens (including phenoxy) is 1. The Morgan fingerprint density at radius 1 is 1.03 bits per heavy atom. The number of likely N-dealkylation sites (tertiary alicyclic amines) is 1. The Balaban J connectivity index is 1.46. The zero-order valence-corrected chi connectivity index (χ0v) is 19.0. The average Bonchev–Trinajstić information content (AvgIpc) is 3.60. The number of Topliss-reactive ketones (excluding diaryl/α,β-unsaturated/α-hetero) is 1. The van der Waals surface area contributed by atoms with E-state index in [1.165, 1.54) is 26.4 Å². The maximum Gasteiger partial charge on any atom is 0.376 e. The van der Waals surface area contributed by atoms with Crippen molar-refractivity contribution in [3.63, 3.8) is 0 Å². The van der Waals surface area contributed by atoms with E-state index >= 15 is 0 Å². The number of rotatable bonds is 8. The minimum absolute atomic E-state index is 0.0158. The third kappa shape index (κ3) is 4.51. The summed E-state index contributed by atoms with van der Waals surface area (Å²) in [6, 6.07) is -1.42. The zero-order valence-electron chi connectivity index (χ0n) is 19.0. The van der Waals surface area contributed by atoms with E-state index in [2.05, 4.69) is 23.9 Å². The van der Waals surface area contributed by atoms with Crippen LogP contribution in [-0.4, -0.2) is 54.2 Å². The molecule has 4 rings (SSSR count). The summed E-state index contributed by atoms with van der Waals surface area (Å²) in [4.78, 5) is 52.7. The molecule has 0 aromatic heterocycles. The highest BCUT2D eigenvalue weighted by molar-refractivity contribution is 6.36. The number of nitrogens with one attached hydrogen (secondary N) is 1. The maximum absolute atomic E-state index is 13.4. The van der Waals surface area contributed by atoms with E-state index in [9.17, 15) is 19.2 Å². The molecule has 4 fully saturated rings. The molecule has 1 heterocycles. The predicted octanol–water partition coefficient (Wildman–Crippen LogP) is 2.47. The molecule has 31 heavy (non-hydrogen) atoms. The summed E-state index contributed by atoms with van der Waals surface area (Å²) >= 11 is 0. The van der Waals surface area contributed by atoms with Gasteiger partial charge in [0.05, 0.1) is 13.2 Å². The molecule has 7 heteroatoms. The number of hydrogen-bond donors (Lipinski definition) is 1. The molecular formula is C24H36N2O5. The first-order valence-corrected chi connectivity index (χ1v) is 12.0. The fourth-order valence-corrected chi connectivity index (χ4v) is 6.02. The summed E-state index contributed by atoms with van der Waals surface area (Å²) in [5.74, 6) is -0.657. The van der Waals surface area contributed by atoms with Gasteiger partial charge < -0.3 is 15.0 Å². The molecule has 0 aromatic carbocycles. The van der Waals surface area contributed by atoms with Gasteiger partial charge in [-0.1, -0.05) is 46.0 Å². The summed E-state index contributed by atoms with van der Waals surface area (Å²) in [6.07, 6.45) is 8.77. The second-order valence-corrected chi connectivity index (χ2v) is 10.7. The van der Waals surface area contributed by atoms with Crippen molar-refractivity contribution in [2.75, 3.05) is 13.7 Å². The van der Waals surface area contributed by atoms with Crippen molar-refractivity contribution in [1.29, 1.82) is 0 Å². The van der Waals surface area contributed by atoms with Crippen molar-refractivity contribution in [3.05, 3.63) is 0 Å². The quantitative estimate of drug-likeness (QED) is 0.470. The number of carbonyl (C=O) groups excluding carboxylic acids is 4. The molecular weight excluding hydrogens is 396 g/mol. The first kappa shape index (κ1) is 22.3. The fraction of sp³-hybridized carbons (Fsp3) is 0.833. The summed E-state index contributed by atoms with van der Waals surface area (Å²) in [7, 11) is 1.18. The number of fused-ring (bicyclic) bond motifs is 1. The van der Waals surface area contributed by atoms with Gasteiger partial charge in [-0.2, -0.15) is 0 Å². The Morgan fingerprint density at radius 3 is 2.32 bits per heavy atom. The van der Waals surface area contributed by atoms with E-state index in [1.807, 2.05) is 0 Å². The van der Waals surface area contributed by atoms with Gasteiger partial charge >= 0.3 is 5.97 Å². The summed E-state index contributed by atoms with van der Waals surface area (Å²) in [5.41, 5.74) is 0.0158. The molecule has 0 bridgehead atoms. The van der Waals surface area contributed by atoms with Gasteiger partial charge in [-0.05, 0) is 48.3 Å². The van der Waals surface area contributed by atoms with E-state index < -0.39 is 23.8 Å². The van der Waals surface area contributed by atoms with E-state index in [4.69, 9.17) is 0 Å². The second kappa shape index (κ2) is 8.55. The van der Waals surface area contributed by atoms with Gasteiger partial charge in [0, 0.05) is 13.0 Å². The standard InChI is InChI=1S/C24H36N2O5/c1-24(2)16-13-26(18(27)12-14-7-5-4-6-8-14)20(19(16)24)22(29)25-17(11-15-9-10-15)21(28)23(30)31-3/h14-17,19-20H,4-13H2,1-3H3,(H,25,29)/t16?,17?,19-,20-/m0/s1. The topological polar surface area (TPSA) is 92.8 Å². The number of nitrogens with zero attached hydrogens (tertiary/aromatic N) is 1. The minimum atomic E-state index is -0.924. The largest absolute Gasteiger partial charge is 0.463 e. The van der Waals surface area contributed by atoms with Crippen molar-refractivity contribution in [2.24, 2.45) is 29.1 Å². The van der Waals surface area contributed by atoms with Gasteiger partial charge in [0.15, 0.2) is 0 Å². The van der Waals surface area contributed by atoms with Crippen LogP contribution >= 0.6 is 0 Å². The number of amides is 2. The molecule has 7 nitrogen and oxygen atoms in total. The van der Waals surface area contributed by atoms with Crippen LogP contribution in [0.2, 0.25) is 0 Å². The highest BCUT2D eigenvalue weighted by atomic mass is 16.5. The van der Waals surface area contributed by atoms with Crippen LogP contribution < -0.4 is 5.32 Å². The lowest BCUT2D eigenvalue weighted by atomic mass is 9.86. The third-order valence-electron chi connectivity index (χ3n) is 8.27. The van der Waals surface area contributed by atoms with E-state index in [0.717, 1.165) is 25.7 Å². The van der Waals surface area contributed by atoms with Crippen LogP contribution in [0, 0.1) is 29.1 Å². The number of piperidine rings is 1. The molecule has 0 spiro atoms. The average molecular weight is 433 g/mol. The van der Waals surface area contributed by atoms with Crippen LogP contribution in [0.15, 0.2) is 0 Å². The lowest BCUT2D eigenvalue weighted by Crippen LogP contribution is -2.54. The van der Waals surface area contributed by atoms with Crippen LogP contribution in [0.1, 0.15) is 71.6 Å². The van der Waals surface area contributed by atoms with Gasteiger partial charge in [-0.15, -0.1) is 0 Å². The van der Waals surface area contributed by atoms with E-state index in [-0.39, 0.29) is 23.1 Å². The molecule has 3 saturated carbocycles. The molecule has 0 radical (unpaired) electrons. The minimum Gasteiger partial charge on any atom is -0.463 e. The first-order valence-electron chi connectivity index (χ1n) is 12.0.